The Labute approximate surface area is 191 Å². The van der Waals surface area contributed by atoms with E-state index in [1.807, 2.05) is 72.8 Å². The Balaban J connectivity index is 1.47. The van der Waals surface area contributed by atoms with Gasteiger partial charge in [-0.3, -0.25) is 4.79 Å². The first-order valence-corrected chi connectivity index (χ1v) is 10.5. The first-order valence-electron chi connectivity index (χ1n) is 10.5. The molecule has 2 atom stereocenters. The van der Waals surface area contributed by atoms with Crippen molar-refractivity contribution in [2.75, 3.05) is 6.54 Å². The van der Waals surface area contributed by atoms with Crippen LogP contribution in [0.3, 0.4) is 0 Å². The van der Waals surface area contributed by atoms with Crippen molar-refractivity contribution in [3.8, 4) is 0 Å². The summed E-state index contributed by atoms with van der Waals surface area (Å²) in [6.07, 6.45) is -2.18. The van der Waals surface area contributed by atoms with Gasteiger partial charge in [0.05, 0.1) is 12.5 Å². The number of fused-ring (bicyclic) bond motifs is 1. The topological polar surface area (TPSA) is 125 Å². The van der Waals surface area contributed by atoms with Crippen molar-refractivity contribution in [3.05, 3.63) is 83.9 Å². The number of carbonyl (C=O) groups is 3. The number of hydrogen-bond acceptors (Lipinski definition) is 5. The highest BCUT2D eigenvalue weighted by Gasteiger charge is 2.23. The van der Waals surface area contributed by atoms with Crippen LogP contribution in [0.1, 0.15) is 17.5 Å². The number of nitrogens with one attached hydrogen (secondary N) is 2. The summed E-state index contributed by atoms with van der Waals surface area (Å²) in [6.45, 7) is -0.125. The number of aliphatic hydroxyl groups excluding tert-OH is 1. The summed E-state index contributed by atoms with van der Waals surface area (Å²) < 4.78 is 5.04. The minimum atomic E-state index is -1.19. The molecule has 2 amide bonds. The fourth-order valence-electron chi connectivity index (χ4n) is 3.41. The number of rotatable bonds is 10. The van der Waals surface area contributed by atoms with Crippen LogP contribution in [0, 0.1) is 0 Å². The lowest BCUT2D eigenvalue weighted by Gasteiger charge is -2.17. The van der Waals surface area contributed by atoms with E-state index in [-0.39, 0.29) is 26.0 Å². The average molecular weight is 450 g/mol. The molecule has 8 heteroatoms. The Kier molecular flexibility index (Phi) is 8.37. The van der Waals surface area contributed by atoms with E-state index in [2.05, 4.69) is 10.6 Å². The predicted molar refractivity (Wildman–Crippen MR) is 122 cm³/mol. The van der Waals surface area contributed by atoms with Crippen LogP contribution >= 0.6 is 0 Å². The molecule has 0 aromatic heterocycles. The lowest BCUT2D eigenvalue weighted by molar-refractivity contribution is -0.142. The summed E-state index contributed by atoms with van der Waals surface area (Å²) in [5.41, 5.74) is 1.61. The van der Waals surface area contributed by atoms with Crippen LogP contribution in [0.5, 0.6) is 0 Å². The molecule has 0 unspecified atom stereocenters. The minimum Gasteiger partial charge on any atom is -0.480 e. The van der Waals surface area contributed by atoms with Gasteiger partial charge in [0.2, 0.25) is 5.91 Å². The highest BCUT2D eigenvalue weighted by Crippen LogP contribution is 2.20. The molecule has 4 N–H and O–H groups in total. The summed E-state index contributed by atoms with van der Waals surface area (Å²) in [6, 6.07) is 21.2. The number of ether oxygens (including phenoxy) is 1. The van der Waals surface area contributed by atoms with Gasteiger partial charge in [0, 0.05) is 13.0 Å². The number of alkyl carbamates (subject to hydrolysis) is 1. The van der Waals surface area contributed by atoms with E-state index >= 15 is 0 Å². The molecule has 0 saturated carbocycles. The lowest BCUT2D eigenvalue weighted by Crippen LogP contribution is -2.44. The molecule has 0 fully saturated rings. The molecule has 0 bridgehead atoms. The van der Waals surface area contributed by atoms with Crippen molar-refractivity contribution in [2.24, 2.45) is 0 Å². The zero-order valence-corrected chi connectivity index (χ0v) is 17.9. The Morgan fingerprint density at radius 3 is 2.36 bits per heavy atom. The van der Waals surface area contributed by atoms with Crippen molar-refractivity contribution in [1.82, 2.24) is 10.6 Å². The molecule has 3 aromatic rings. The molecular formula is C25H26N2O6. The molecule has 33 heavy (non-hydrogen) atoms. The van der Waals surface area contributed by atoms with Crippen molar-refractivity contribution in [3.63, 3.8) is 0 Å². The summed E-state index contributed by atoms with van der Waals surface area (Å²) in [7, 11) is 0. The third kappa shape index (κ3) is 7.33. The van der Waals surface area contributed by atoms with E-state index in [1.54, 1.807) is 0 Å². The zero-order valence-electron chi connectivity index (χ0n) is 17.9. The number of aliphatic carboxylic acids is 1. The maximum Gasteiger partial charge on any atom is 0.407 e. The van der Waals surface area contributed by atoms with E-state index in [0.717, 1.165) is 21.9 Å². The molecule has 0 aliphatic carbocycles. The molecular weight excluding hydrogens is 424 g/mol. The second kappa shape index (κ2) is 11.6. The third-order valence-electron chi connectivity index (χ3n) is 5.05. The number of benzene rings is 3. The van der Waals surface area contributed by atoms with Crippen molar-refractivity contribution in [2.45, 2.75) is 31.6 Å². The molecule has 8 nitrogen and oxygen atoms in total. The van der Waals surface area contributed by atoms with Crippen LogP contribution in [0.2, 0.25) is 0 Å². The van der Waals surface area contributed by atoms with E-state index in [0.29, 0.717) is 0 Å². The van der Waals surface area contributed by atoms with Crippen molar-refractivity contribution < 1.29 is 29.3 Å². The maximum atomic E-state index is 12.3. The quantitative estimate of drug-likeness (QED) is 0.376. The fraction of sp³-hybridized carbons (Fsp3) is 0.240. The number of carboxylic acids is 1. The second-order valence-corrected chi connectivity index (χ2v) is 7.60. The average Bonchev–Trinajstić information content (AvgIpc) is 2.81. The van der Waals surface area contributed by atoms with Crippen LogP contribution in [0.25, 0.3) is 10.8 Å². The Hall–Kier alpha value is -3.91. The second-order valence-electron chi connectivity index (χ2n) is 7.60. The van der Waals surface area contributed by atoms with Gasteiger partial charge in [0.1, 0.15) is 12.6 Å². The first kappa shape index (κ1) is 23.7. The first-order chi connectivity index (χ1) is 15.9. The van der Waals surface area contributed by atoms with Crippen molar-refractivity contribution >= 4 is 28.7 Å². The number of carbonyl (C=O) groups excluding carboxylic acids is 2. The highest BCUT2D eigenvalue weighted by molar-refractivity contribution is 5.88. The predicted octanol–water partition coefficient (Wildman–Crippen LogP) is 2.63. The number of amides is 2. The summed E-state index contributed by atoms with van der Waals surface area (Å²) in [4.78, 5) is 35.8. The smallest absolute Gasteiger partial charge is 0.407 e. The summed E-state index contributed by atoms with van der Waals surface area (Å²) in [5, 5.41) is 26.4. The molecule has 0 aliphatic rings. The van der Waals surface area contributed by atoms with E-state index in [4.69, 9.17) is 4.74 Å². The number of carboxylic acid groups (broad SMARTS) is 1. The van der Waals surface area contributed by atoms with Gasteiger partial charge in [-0.15, -0.1) is 0 Å². The molecule has 3 rings (SSSR count). The van der Waals surface area contributed by atoms with Gasteiger partial charge in [-0.2, -0.15) is 0 Å². The summed E-state index contributed by atoms with van der Waals surface area (Å²) in [5.74, 6) is -1.80. The van der Waals surface area contributed by atoms with Crippen LogP contribution in [0.4, 0.5) is 4.79 Å². The molecule has 172 valence electrons. The number of hydrogen-bond donors (Lipinski definition) is 4. The Bertz CT molecular complexity index is 1100. The van der Waals surface area contributed by atoms with Crippen LogP contribution in [-0.2, 0) is 27.4 Å². The van der Waals surface area contributed by atoms with Gasteiger partial charge in [-0.1, -0.05) is 72.8 Å². The fourth-order valence-corrected chi connectivity index (χ4v) is 3.41. The normalized spacial score (nSPS) is 12.5. The monoisotopic (exact) mass is 450 g/mol. The molecule has 0 saturated heterocycles. The Morgan fingerprint density at radius 2 is 1.61 bits per heavy atom. The van der Waals surface area contributed by atoms with Gasteiger partial charge in [-0.05, 0) is 21.9 Å². The van der Waals surface area contributed by atoms with Crippen LogP contribution in [-0.4, -0.2) is 46.9 Å². The van der Waals surface area contributed by atoms with E-state index in [1.165, 1.54) is 0 Å². The third-order valence-corrected chi connectivity index (χ3v) is 5.05. The van der Waals surface area contributed by atoms with Gasteiger partial charge < -0.3 is 25.6 Å². The standard InChI is InChI=1S/C25H26N2O6/c28-20(15-26-25(32)33-16-17-7-2-1-3-8-17)14-23(29)27-22(24(30)31)13-19-11-6-10-18-9-4-5-12-21(18)19/h1-12,20,22,28H,13-16H2,(H,26,32)(H,27,29)(H,30,31)/t20-,22-/m1/s1. The summed E-state index contributed by atoms with van der Waals surface area (Å²) >= 11 is 0. The van der Waals surface area contributed by atoms with Gasteiger partial charge in [0.25, 0.3) is 0 Å². The van der Waals surface area contributed by atoms with E-state index < -0.39 is 30.1 Å². The maximum absolute atomic E-state index is 12.3. The van der Waals surface area contributed by atoms with Crippen LogP contribution in [0.15, 0.2) is 72.8 Å². The minimum absolute atomic E-state index is 0.0811. The molecule has 0 aliphatic heterocycles. The lowest BCUT2D eigenvalue weighted by atomic mass is 9.98. The van der Waals surface area contributed by atoms with Gasteiger partial charge in [-0.25, -0.2) is 9.59 Å². The van der Waals surface area contributed by atoms with Gasteiger partial charge in [0.15, 0.2) is 0 Å². The Morgan fingerprint density at radius 1 is 0.909 bits per heavy atom. The number of aliphatic hydroxyl groups is 1. The zero-order chi connectivity index (χ0) is 23.6. The molecule has 3 aromatic carbocycles. The van der Waals surface area contributed by atoms with E-state index in [9.17, 15) is 24.6 Å². The SMILES string of the molecule is O=C(C[C@@H](O)CNC(=O)OCc1ccccc1)N[C@H](Cc1cccc2ccccc12)C(=O)O. The highest BCUT2D eigenvalue weighted by atomic mass is 16.5. The van der Waals surface area contributed by atoms with Gasteiger partial charge >= 0.3 is 12.1 Å². The van der Waals surface area contributed by atoms with Crippen molar-refractivity contribution in [1.29, 1.82) is 0 Å². The largest absolute Gasteiger partial charge is 0.480 e. The molecule has 0 spiro atoms. The molecule has 0 heterocycles. The molecule has 0 radical (unpaired) electrons. The van der Waals surface area contributed by atoms with Crippen LogP contribution < -0.4 is 10.6 Å².